The predicted molar refractivity (Wildman–Crippen MR) is 102 cm³/mol. The zero-order valence-corrected chi connectivity index (χ0v) is 15.3. The molecular formula is C21H26N2O2. The van der Waals surface area contributed by atoms with Crippen molar-refractivity contribution < 1.29 is 9.53 Å². The average molecular weight is 338 g/mol. The number of amides is 1. The molecule has 2 aromatic rings. The van der Waals surface area contributed by atoms with E-state index >= 15 is 0 Å². The van der Waals surface area contributed by atoms with Gasteiger partial charge in [0.25, 0.3) is 5.91 Å². The van der Waals surface area contributed by atoms with Gasteiger partial charge >= 0.3 is 0 Å². The minimum absolute atomic E-state index is 0.134. The van der Waals surface area contributed by atoms with Crippen LogP contribution in [0, 0.1) is 13.8 Å². The van der Waals surface area contributed by atoms with Crippen molar-refractivity contribution in [1.82, 2.24) is 4.90 Å². The number of rotatable bonds is 4. The predicted octanol–water partition coefficient (Wildman–Crippen LogP) is 3.66. The monoisotopic (exact) mass is 338 g/mol. The minimum Gasteiger partial charge on any atom is -0.492 e. The molecule has 1 amide bonds. The van der Waals surface area contributed by atoms with Gasteiger partial charge in [0.15, 0.2) is 0 Å². The Morgan fingerprint density at radius 3 is 2.44 bits per heavy atom. The van der Waals surface area contributed by atoms with E-state index in [0.29, 0.717) is 6.61 Å². The van der Waals surface area contributed by atoms with Crippen LogP contribution in [0.15, 0.2) is 42.5 Å². The van der Waals surface area contributed by atoms with Crippen LogP contribution in [0.2, 0.25) is 0 Å². The number of nitrogens with zero attached hydrogens (tertiary/aromatic N) is 2. The maximum absolute atomic E-state index is 12.8. The molecule has 0 radical (unpaired) electrons. The molecule has 4 nitrogen and oxygen atoms in total. The van der Waals surface area contributed by atoms with E-state index in [1.54, 1.807) is 0 Å². The highest BCUT2D eigenvalue weighted by Crippen LogP contribution is 2.29. The van der Waals surface area contributed by atoms with E-state index in [2.05, 4.69) is 24.0 Å². The lowest BCUT2D eigenvalue weighted by molar-refractivity contribution is 0.0746. The third kappa shape index (κ3) is 3.78. The van der Waals surface area contributed by atoms with Crippen molar-refractivity contribution in [3.05, 3.63) is 59.2 Å². The molecule has 0 aliphatic carbocycles. The molecule has 132 valence electrons. The van der Waals surface area contributed by atoms with Crippen LogP contribution >= 0.6 is 0 Å². The molecule has 1 aliphatic rings. The SMILES string of the molecule is CCOc1ccccc1N1CCN(C(=O)c2ccc(C)cc2C)CC1. The zero-order valence-electron chi connectivity index (χ0n) is 15.3. The molecule has 4 heteroatoms. The molecule has 2 aromatic carbocycles. The Kier molecular flexibility index (Phi) is 5.27. The van der Waals surface area contributed by atoms with Crippen molar-refractivity contribution in [2.45, 2.75) is 20.8 Å². The Morgan fingerprint density at radius 2 is 1.76 bits per heavy atom. The van der Waals surface area contributed by atoms with E-state index in [9.17, 15) is 4.79 Å². The zero-order chi connectivity index (χ0) is 17.8. The van der Waals surface area contributed by atoms with E-state index in [0.717, 1.165) is 48.7 Å². The summed E-state index contributed by atoms with van der Waals surface area (Å²) in [6.45, 7) is 9.81. The Balaban J connectivity index is 1.69. The van der Waals surface area contributed by atoms with Gasteiger partial charge in [-0.1, -0.05) is 29.8 Å². The fraction of sp³-hybridized carbons (Fsp3) is 0.381. The Labute approximate surface area is 150 Å². The van der Waals surface area contributed by atoms with Crippen molar-refractivity contribution in [3.8, 4) is 5.75 Å². The van der Waals surface area contributed by atoms with Crippen molar-refractivity contribution in [3.63, 3.8) is 0 Å². The summed E-state index contributed by atoms with van der Waals surface area (Å²) < 4.78 is 5.74. The smallest absolute Gasteiger partial charge is 0.254 e. The molecule has 0 spiro atoms. The lowest BCUT2D eigenvalue weighted by Gasteiger charge is -2.37. The van der Waals surface area contributed by atoms with Gasteiger partial charge in [0.2, 0.25) is 0 Å². The summed E-state index contributed by atoms with van der Waals surface area (Å²) in [7, 11) is 0. The fourth-order valence-electron chi connectivity index (χ4n) is 3.37. The molecular weight excluding hydrogens is 312 g/mol. The van der Waals surface area contributed by atoms with E-state index < -0.39 is 0 Å². The number of benzene rings is 2. The second kappa shape index (κ2) is 7.60. The maximum Gasteiger partial charge on any atom is 0.254 e. The molecule has 0 bridgehead atoms. The van der Waals surface area contributed by atoms with Crippen molar-refractivity contribution in [1.29, 1.82) is 0 Å². The van der Waals surface area contributed by atoms with Crippen LogP contribution in [-0.2, 0) is 0 Å². The van der Waals surface area contributed by atoms with E-state index in [1.807, 2.05) is 49.1 Å². The first-order valence-corrected chi connectivity index (χ1v) is 8.93. The van der Waals surface area contributed by atoms with Crippen LogP contribution in [0.1, 0.15) is 28.4 Å². The number of piperazine rings is 1. The molecule has 1 fully saturated rings. The molecule has 0 aromatic heterocycles. The summed E-state index contributed by atoms with van der Waals surface area (Å²) in [5.74, 6) is 1.05. The molecule has 25 heavy (non-hydrogen) atoms. The van der Waals surface area contributed by atoms with E-state index in [4.69, 9.17) is 4.74 Å². The number of carbonyl (C=O) groups is 1. The second-order valence-corrected chi connectivity index (χ2v) is 6.50. The van der Waals surface area contributed by atoms with Gasteiger partial charge in [-0.05, 0) is 44.5 Å². The average Bonchev–Trinajstić information content (AvgIpc) is 2.62. The van der Waals surface area contributed by atoms with Gasteiger partial charge in [0, 0.05) is 31.7 Å². The van der Waals surface area contributed by atoms with Crippen LogP contribution in [0.3, 0.4) is 0 Å². The molecule has 0 atom stereocenters. The quantitative estimate of drug-likeness (QED) is 0.853. The third-order valence-corrected chi connectivity index (χ3v) is 4.68. The van der Waals surface area contributed by atoms with E-state index in [-0.39, 0.29) is 5.91 Å². The fourth-order valence-corrected chi connectivity index (χ4v) is 3.37. The first-order valence-electron chi connectivity index (χ1n) is 8.93. The number of para-hydroxylation sites is 2. The summed E-state index contributed by atoms with van der Waals surface area (Å²) in [6, 6.07) is 14.2. The highest BCUT2D eigenvalue weighted by atomic mass is 16.5. The molecule has 1 heterocycles. The van der Waals surface area contributed by atoms with Crippen molar-refractivity contribution in [2.75, 3.05) is 37.7 Å². The van der Waals surface area contributed by atoms with Gasteiger partial charge in [0.1, 0.15) is 5.75 Å². The topological polar surface area (TPSA) is 32.8 Å². The third-order valence-electron chi connectivity index (χ3n) is 4.68. The highest BCUT2D eigenvalue weighted by molar-refractivity contribution is 5.95. The number of carbonyl (C=O) groups excluding carboxylic acids is 1. The second-order valence-electron chi connectivity index (χ2n) is 6.50. The molecule has 1 saturated heterocycles. The van der Waals surface area contributed by atoms with Gasteiger partial charge in [-0.2, -0.15) is 0 Å². The van der Waals surface area contributed by atoms with Crippen LogP contribution in [0.4, 0.5) is 5.69 Å². The number of hydrogen-bond donors (Lipinski definition) is 0. The van der Waals surface area contributed by atoms with Crippen molar-refractivity contribution >= 4 is 11.6 Å². The molecule has 1 aliphatic heterocycles. The van der Waals surface area contributed by atoms with Gasteiger partial charge in [0.05, 0.1) is 12.3 Å². The van der Waals surface area contributed by atoms with Crippen molar-refractivity contribution in [2.24, 2.45) is 0 Å². The molecule has 0 saturated carbocycles. The number of ether oxygens (including phenoxy) is 1. The number of aryl methyl sites for hydroxylation is 2. The summed E-state index contributed by atoms with van der Waals surface area (Å²) >= 11 is 0. The van der Waals surface area contributed by atoms with Crippen LogP contribution < -0.4 is 9.64 Å². The normalized spacial score (nSPS) is 14.5. The van der Waals surface area contributed by atoms with Crippen LogP contribution in [-0.4, -0.2) is 43.6 Å². The molecule has 0 N–H and O–H groups in total. The summed E-state index contributed by atoms with van der Waals surface area (Å²) in [6.07, 6.45) is 0. The molecule has 0 unspecified atom stereocenters. The summed E-state index contributed by atoms with van der Waals surface area (Å²) in [5, 5.41) is 0. The Morgan fingerprint density at radius 1 is 1.04 bits per heavy atom. The van der Waals surface area contributed by atoms with E-state index in [1.165, 1.54) is 5.56 Å². The maximum atomic E-state index is 12.8. The first-order chi connectivity index (χ1) is 12.1. The highest BCUT2D eigenvalue weighted by Gasteiger charge is 2.24. The standard InChI is InChI=1S/C21H26N2O2/c1-4-25-20-8-6-5-7-19(20)22-11-13-23(14-12-22)21(24)18-10-9-16(2)15-17(18)3/h5-10,15H,4,11-14H2,1-3H3. The molecule has 3 rings (SSSR count). The van der Waals surface area contributed by atoms with Gasteiger partial charge in [-0.25, -0.2) is 0 Å². The summed E-state index contributed by atoms with van der Waals surface area (Å²) in [4.78, 5) is 17.1. The first kappa shape index (κ1) is 17.3. The van der Waals surface area contributed by atoms with Gasteiger partial charge < -0.3 is 14.5 Å². The number of hydrogen-bond acceptors (Lipinski definition) is 3. The van der Waals surface area contributed by atoms with Gasteiger partial charge in [-0.15, -0.1) is 0 Å². The largest absolute Gasteiger partial charge is 0.492 e. The summed E-state index contributed by atoms with van der Waals surface area (Å²) in [5.41, 5.74) is 4.16. The van der Waals surface area contributed by atoms with Crippen LogP contribution in [0.5, 0.6) is 5.75 Å². The minimum atomic E-state index is 0.134. The lowest BCUT2D eigenvalue weighted by Crippen LogP contribution is -2.49. The van der Waals surface area contributed by atoms with Crippen LogP contribution in [0.25, 0.3) is 0 Å². The van der Waals surface area contributed by atoms with Gasteiger partial charge in [-0.3, -0.25) is 4.79 Å². The Hall–Kier alpha value is -2.49. The number of anilines is 1. The lowest BCUT2D eigenvalue weighted by atomic mass is 10.0. The Bertz CT molecular complexity index is 749.